The van der Waals surface area contributed by atoms with Crippen molar-refractivity contribution in [1.82, 2.24) is 9.36 Å². The average Bonchev–Trinajstić information content (AvgIpc) is 3.03. The lowest BCUT2D eigenvalue weighted by Crippen LogP contribution is -2.27. The van der Waals surface area contributed by atoms with Crippen LogP contribution in [0.15, 0.2) is 0 Å². The second-order valence-electron chi connectivity index (χ2n) is 6.41. The SMILES string of the molecule is CC(C)(C)CC(CNc1nc(C2CC2)ns1)C(=O)O. The first-order chi connectivity index (χ1) is 8.85. The maximum Gasteiger partial charge on any atom is 0.308 e. The molecule has 5 nitrogen and oxygen atoms in total. The van der Waals surface area contributed by atoms with Gasteiger partial charge in [-0.3, -0.25) is 4.79 Å². The van der Waals surface area contributed by atoms with Crippen LogP contribution >= 0.6 is 11.5 Å². The highest BCUT2D eigenvalue weighted by atomic mass is 32.1. The zero-order chi connectivity index (χ0) is 14.0. The van der Waals surface area contributed by atoms with Crippen LogP contribution in [0, 0.1) is 11.3 Å². The summed E-state index contributed by atoms with van der Waals surface area (Å²) in [6.07, 6.45) is 3.00. The van der Waals surface area contributed by atoms with E-state index < -0.39 is 11.9 Å². The van der Waals surface area contributed by atoms with Gasteiger partial charge in [0, 0.05) is 24.0 Å². The molecule has 1 saturated carbocycles. The van der Waals surface area contributed by atoms with Crippen LogP contribution in [0.2, 0.25) is 0 Å². The van der Waals surface area contributed by atoms with E-state index in [-0.39, 0.29) is 5.41 Å². The van der Waals surface area contributed by atoms with Crippen LogP contribution < -0.4 is 5.32 Å². The molecule has 1 aliphatic carbocycles. The van der Waals surface area contributed by atoms with E-state index >= 15 is 0 Å². The second kappa shape index (κ2) is 5.45. The monoisotopic (exact) mass is 283 g/mol. The molecule has 1 aromatic rings. The Morgan fingerprint density at radius 3 is 2.74 bits per heavy atom. The highest BCUT2D eigenvalue weighted by Gasteiger charge is 2.28. The van der Waals surface area contributed by atoms with E-state index in [1.807, 2.05) is 0 Å². The molecule has 0 spiro atoms. The number of hydrogen-bond acceptors (Lipinski definition) is 5. The number of carboxylic acid groups (broad SMARTS) is 1. The van der Waals surface area contributed by atoms with Crippen LogP contribution in [0.4, 0.5) is 5.13 Å². The van der Waals surface area contributed by atoms with E-state index in [4.69, 9.17) is 0 Å². The Morgan fingerprint density at radius 2 is 2.21 bits per heavy atom. The van der Waals surface area contributed by atoms with E-state index in [2.05, 4.69) is 35.4 Å². The molecular formula is C13H21N3O2S. The van der Waals surface area contributed by atoms with Crippen molar-refractivity contribution in [3.8, 4) is 0 Å². The van der Waals surface area contributed by atoms with Gasteiger partial charge in [-0.1, -0.05) is 20.8 Å². The third-order valence-electron chi connectivity index (χ3n) is 3.09. The number of aliphatic carboxylic acids is 1. The van der Waals surface area contributed by atoms with Gasteiger partial charge in [0.2, 0.25) is 5.13 Å². The largest absolute Gasteiger partial charge is 0.481 e. The number of hydrogen-bond donors (Lipinski definition) is 2. The summed E-state index contributed by atoms with van der Waals surface area (Å²) in [5.41, 5.74) is 0.00500. The molecule has 106 valence electrons. The number of carboxylic acids is 1. The van der Waals surface area contributed by atoms with Crippen molar-refractivity contribution in [3.63, 3.8) is 0 Å². The van der Waals surface area contributed by atoms with Gasteiger partial charge >= 0.3 is 5.97 Å². The molecule has 0 aromatic carbocycles. The van der Waals surface area contributed by atoms with Gasteiger partial charge in [-0.05, 0) is 24.7 Å². The molecule has 0 bridgehead atoms. The van der Waals surface area contributed by atoms with Crippen LogP contribution in [0.5, 0.6) is 0 Å². The zero-order valence-corrected chi connectivity index (χ0v) is 12.5. The van der Waals surface area contributed by atoms with Gasteiger partial charge in [-0.25, -0.2) is 4.98 Å². The maximum absolute atomic E-state index is 11.2. The lowest BCUT2D eigenvalue weighted by atomic mass is 9.84. The molecular weight excluding hydrogens is 262 g/mol. The van der Waals surface area contributed by atoms with Crippen LogP contribution in [0.3, 0.4) is 0 Å². The molecule has 0 amide bonds. The summed E-state index contributed by atoms with van der Waals surface area (Å²) in [6.45, 7) is 6.57. The fourth-order valence-electron chi connectivity index (χ4n) is 2.01. The third kappa shape index (κ3) is 4.45. The molecule has 0 radical (unpaired) electrons. The minimum atomic E-state index is -0.755. The van der Waals surface area contributed by atoms with Gasteiger partial charge in [0.15, 0.2) is 0 Å². The Morgan fingerprint density at radius 1 is 1.53 bits per heavy atom. The van der Waals surface area contributed by atoms with Crippen molar-refractivity contribution in [1.29, 1.82) is 0 Å². The van der Waals surface area contributed by atoms with Crippen LogP contribution in [0.25, 0.3) is 0 Å². The summed E-state index contributed by atoms with van der Waals surface area (Å²) in [4.78, 5) is 15.7. The maximum atomic E-state index is 11.2. The molecule has 2 rings (SSSR count). The molecule has 1 aromatic heterocycles. The second-order valence-corrected chi connectivity index (χ2v) is 7.16. The zero-order valence-electron chi connectivity index (χ0n) is 11.6. The van der Waals surface area contributed by atoms with Crippen molar-refractivity contribution in [2.45, 2.75) is 46.0 Å². The van der Waals surface area contributed by atoms with E-state index in [9.17, 15) is 9.90 Å². The van der Waals surface area contributed by atoms with E-state index in [0.717, 1.165) is 11.0 Å². The first kappa shape index (κ1) is 14.2. The average molecular weight is 283 g/mol. The predicted octanol–water partition coefficient (Wildman–Crippen LogP) is 2.96. The van der Waals surface area contributed by atoms with Gasteiger partial charge in [0.05, 0.1) is 5.92 Å². The van der Waals surface area contributed by atoms with Crippen molar-refractivity contribution in [2.75, 3.05) is 11.9 Å². The quantitative estimate of drug-likeness (QED) is 0.839. The molecule has 2 N–H and O–H groups in total. The molecule has 1 aliphatic rings. The number of anilines is 1. The van der Waals surface area contributed by atoms with Gasteiger partial charge in [-0.2, -0.15) is 4.37 Å². The molecule has 1 unspecified atom stereocenters. The van der Waals surface area contributed by atoms with Crippen molar-refractivity contribution < 1.29 is 9.90 Å². The molecule has 6 heteroatoms. The molecule has 19 heavy (non-hydrogen) atoms. The number of nitrogens with zero attached hydrogens (tertiary/aromatic N) is 2. The number of rotatable bonds is 6. The predicted molar refractivity (Wildman–Crippen MR) is 75.6 cm³/mol. The number of aromatic nitrogens is 2. The Kier molecular flexibility index (Phi) is 4.08. The lowest BCUT2D eigenvalue weighted by Gasteiger charge is -2.23. The highest BCUT2D eigenvalue weighted by molar-refractivity contribution is 7.09. The third-order valence-corrected chi connectivity index (χ3v) is 3.78. The van der Waals surface area contributed by atoms with E-state index in [0.29, 0.717) is 18.9 Å². The van der Waals surface area contributed by atoms with Crippen LogP contribution in [-0.4, -0.2) is 27.0 Å². The Hall–Kier alpha value is -1.17. The highest BCUT2D eigenvalue weighted by Crippen LogP contribution is 2.39. The standard InChI is InChI=1S/C13H21N3O2S/c1-13(2,3)6-9(11(17)18)7-14-12-15-10(16-19-12)8-4-5-8/h8-9H,4-7H2,1-3H3,(H,17,18)(H,14,15,16). The molecule has 0 aliphatic heterocycles. The number of nitrogens with one attached hydrogen (secondary N) is 1. The summed E-state index contributed by atoms with van der Waals surface area (Å²) in [7, 11) is 0. The van der Waals surface area contributed by atoms with E-state index in [1.165, 1.54) is 24.4 Å². The first-order valence-electron chi connectivity index (χ1n) is 6.65. The van der Waals surface area contributed by atoms with Gasteiger partial charge < -0.3 is 10.4 Å². The molecule has 1 heterocycles. The lowest BCUT2D eigenvalue weighted by molar-refractivity contribution is -0.142. The molecule has 0 saturated heterocycles. The van der Waals surface area contributed by atoms with Crippen molar-refractivity contribution in [3.05, 3.63) is 5.82 Å². The van der Waals surface area contributed by atoms with Crippen LogP contribution in [-0.2, 0) is 4.79 Å². The first-order valence-corrected chi connectivity index (χ1v) is 7.43. The Balaban J connectivity index is 1.88. The normalized spacial score (nSPS) is 17.2. The van der Waals surface area contributed by atoms with Gasteiger partial charge in [0.1, 0.15) is 5.82 Å². The fraction of sp³-hybridized carbons (Fsp3) is 0.769. The fourth-order valence-corrected chi connectivity index (χ4v) is 2.66. The van der Waals surface area contributed by atoms with Gasteiger partial charge in [0.25, 0.3) is 0 Å². The molecule has 1 fully saturated rings. The Bertz CT molecular complexity index is 449. The summed E-state index contributed by atoms with van der Waals surface area (Å²) in [6, 6.07) is 0. The van der Waals surface area contributed by atoms with Crippen molar-refractivity contribution >= 4 is 22.6 Å². The summed E-state index contributed by atoms with van der Waals surface area (Å²) in [5.74, 6) is 0.300. The van der Waals surface area contributed by atoms with Crippen molar-refractivity contribution in [2.24, 2.45) is 11.3 Å². The number of carbonyl (C=O) groups is 1. The summed E-state index contributed by atoms with van der Waals surface area (Å²) < 4.78 is 4.30. The Labute approximate surface area is 117 Å². The summed E-state index contributed by atoms with van der Waals surface area (Å²) in [5, 5.41) is 13.1. The van der Waals surface area contributed by atoms with Crippen LogP contribution in [0.1, 0.15) is 51.8 Å². The van der Waals surface area contributed by atoms with Gasteiger partial charge in [-0.15, -0.1) is 0 Å². The smallest absolute Gasteiger partial charge is 0.308 e. The minimum Gasteiger partial charge on any atom is -0.481 e. The topological polar surface area (TPSA) is 75.1 Å². The molecule has 1 atom stereocenters. The summed E-state index contributed by atoms with van der Waals surface area (Å²) >= 11 is 1.32. The minimum absolute atomic E-state index is 0.00500. The van der Waals surface area contributed by atoms with E-state index in [1.54, 1.807) is 0 Å².